The van der Waals surface area contributed by atoms with Crippen molar-refractivity contribution in [1.29, 1.82) is 0 Å². The van der Waals surface area contributed by atoms with Crippen molar-refractivity contribution < 1.29 is 33.6 Å². The molecule has 100 valence electrons. The predicted octanol–water partition coefficient (Wildman–Crippen LogP) is 0.842. The molecule has 5 nitrogen and oxygen atoms in total. The first-order valence-corrected chi connectivity index (χ1v) is 4.97. The Balaban J connectivity index is 3.02. The van der Waals surface area contributed by atoms with Crippen LogP contribution in [0.3, 0.4) is 0 Å². The highest BCUT2D eigenvalue weighted by Gasteiger charge is 2.24. The Morgan fingerprint density at radius 3 is 2.50 bits per heavy atom. The fourth-order valence-electron chi connectivity index (χ4n) is 1.42. The zero-order valence-corrected chi connectivity index (χ0v) is 9.43. The molecule has 2 unspecified atom stereocenters. The molecular weight excluding hydrogens is 250 g/mol. The summed E-state index contributed by atoms with van der Waals surface area (Å²) < 4.78 is 30.8. The maximum Gasteiger partial charge on any atom is 0.306 e. The van der Waals surface area contributed by atoms with Gasteiger partial charge in [-0.3, -0.25) is 4.79 Å². The maximum absolute atomic E-state index is 13.1. The molecule has 0 saturated heterocycles. The molecule has 1 aromatic rings. The minimum atomic E-state index is -1.65. The lowest BCUT2D eigenvalue weighted by atomic mass is 10.0. The van der Waals surface area contributed by atoms with E-state index in [1.807, 2.05) is 0 Å². The molecule has 0 spiro atoms. The van der Waals surface area contributed by atoms with Gasteiger partial charge in [0.05, 0.1) is 19.6 Å². The normalized spacial score (nSPS) is 14.1. The van der Waals surface area contributed by atoms with Crippen LogP contribution in [0.4, 0.5) is 8.78 Å². The third-order valence-corrected chi connectivity index (χ3v) is 2.33. The van der Waals surface area contributed by atoms with Crippen molar-refractivity contribution in [3.63, 3.8) is 0 Å². The molecule has 18 heavy (non-hydrogen) atoms. The predicted molar refractivity (Wildman–Crippen MR) is 56.1 cm³/mol. The quantitative estimate of drug-likeness (QED) is 0.732. The van der Waals surface area contributed by atoms with Gasteiger partial charge < -0.3 is 20.1 Å². The molecule has 0 amide bonds. The van der Waals surface area contributed by atoms with Gasteiger partial charge in [0, 0.05) is 0 Å². The highest BCUT2D eigenvalue weighted by molar-refractivity contribution is 5.67. The van der Waals surface area contributed by atoms with Crippen LogP contribution in [-0.2, 0) is 4.79 Å². The lowest BCUT2D eigenvalue weighted by Gasteiger charge is -2.17. The Bertz CT molecular complexity index is 449. The molecule has 1 rings (SSSR count). The molecule has 0 bridgehead atoms. The van der Waals surface area contributed by atoms with Gasteiger partial charge in [0.1, 0.15) is 6.10 Å². The van der Waals surface area contributed by atoms with E-state index in [0.717, 1.165) is 13.2 Å². The summed E-state index contributed by atoms with van der Waals surface area (Å²) in [6.45, 7) is 0. The van der Waals surface area contributed by atoms with Gasteiger partial charge in [-0.15, -0.1) is 0 Å². The van der Waals surface area contributed by atoms with Gasteiger partial charge in [-0.1, -0.05) is 0 Å². The highest BCUT2D eigenvalue weighted by atomic mass is 19.2. The third-order valence-electron chi connectivity index (χ3n) is 2.33. The second-order valence-electron chi connectivity index (χ2n) is 3.63. The number of benzene rings is 1. The Kier molecular flexibility index (Phi) is 4.57. The van der Waals surface area contributed by atoms with Crippen LogP contribution in [0.15, 0.2) is 12.1 Å². The summed E-state index contributed by atoms with van der Waals surface area (Å²) in [5.74, 6) is -4.24. The van der Waals surface area contributed by atoms with E-state index in [-0.39, 0.29) is 5.56 Å². The molecular formula is C11H12F2O5. The smallest absolute Gasteiger partial charge is 0.306 e. The van der Waals surface area contributed by atoms with E-state index in [9.17, 15) is 23.8 Å². The molecule has 0 radical (unpaired) electrons. The van der Waals surface area contributed by atoms with Crippen LogP contribution in [0.25, 0.3) is 0 Å². The number of rotatable bonds is 5. The molecule has 0 saturated carbocycles. The number of carboxylic acids is 1. The monoisotopic (exact) mass is 262 g/mol. The fourth-order valence-corrected chi connectivity index (χ4v) is 1.42. The molecule has 0 fully saturated rings. The van der Waals surface area contributed by atoms with Crippen LogP contribution in [0, 0.1) is 11.6 Å². The molecule has 3 N–H and O–H groups in total. The first-order valence-electron chi connectivity index (χ1n) is 4.97. The van der Waals surface area contributed by atoms with Gasteiger partial charge in [-0.05, 0) is 17.7 Å². The Morgan fingerprint density at radius 2 is 2.00 bits per heavy atom. The van der Waals surface area contributed by atoms with Gasteiger partial charge >= 0.3 is 5.97 Å². The number of halogens is 2. The van der Waals surface area contributed by atoms with Gasteiger partial charge in [0.15, 0.2) is 11.6 Å². The summed E-state index contributed by atoms with van der Waals surface area (Å²) in [7, 11) is 1.11. The number of ether oxygens (including phenoxy) is 1. The highest BCUT2D eigenvalue weighted by Crippen LogP contribution is 2.27. The molecule has 7 heteroatoms. The van der Waals surface area contributed by atoms with E-state index in [0.29, 0.717) is 6.07 Å². The van der Waals surface area contributed by atoms with Crippen molar-refractivity contribution in [3.05, 3.63) is 29.3 Å². The molecule has 0 aliphatic heterocycles. The van der Waals surface area contributed by atoms with E-state index >= 15 is 0 Å². The Morgan fingerprint density at radius 1 is 1.39 bits per heavy atom. The van der Waals surface area contributed by atoms with E-state index in [4.69, 9.17) is 5.11 Å². The van der Waals surface area contributed by atoms with Crippen LogP contribution < -0.4 is 4.74 Å². The maximum atomic E-state index is 13.1. The second-order valence-corrected chi connectivity index (χ2v) is 3.63. The number of hydrogen-bond acceptors (Lipinski definition) is 4. The van der Waals surface area contributed by atoms with Crippen molar-refractivity contribution in [2.45, 2.75) is 18.6 Å². The largest absolute Gasteiger partial charge is 0.494 e. The Labute approximate surface area is 101 Å². The van der Waals surface area contributed by atoms with Crippen LogP contribution in [0.2, 0.25) is 0 Å². The van der Waals surface area contributed by atoms with Crippen molar-refractivity contribution >= 4 is 5.97 Å². The molecule has 0 aliphatic rings. The van der Waals surface area contributed by atoms with E-state index < -0.39 is 42.0 Å². The zero-order valence-electron chi connectivity index (χ0n) is 9.43. The lowest BCUT2D eigenvalue weighted by Crippen LogP contribution is -2.22. The van der Waals surface area contributed by atoms with Crippen molar-refractivity contribution in [2.24, 2.45) is 0 Å². The van der Waals surface area contributed by atoms with Crippen LogP contribution in [-0.4, -0.2) is 34.5 Å². The molecule has 0 aliphatic carbocycles. The third kappa shape index (κ3) is 3.14. The van der Waals surface area contributed by atoms with Crippen molar-refractivity contribution in [3.8, 4) is 5.75 Å². The van der Waals surface area contributed by atoms with Crippen molar-refractivity contribution in [2.75, 3.05) is 7.11 Å². The standard InChI is InChI=1S/C11H12F2O5/c1-18-8-3-5(2-6(12)10(8)13)11(17)7(14)4-9(15)16/h2-3,7,11,14,17H,4H2,1H3,(H,15,16). The number of aliphatic hydroxyl groups excluding tert-OH is 2. The van der Waals surface area contributed by atoms with Crippen LogP contribution in [0.5, 0.6) is 5.75 Å². The number of aliphatic carboxylic acids is 1. The second kappa shape index (κ2) is 5.74. The average Bonchev–Trinajstić information content (AvgIpc) is 2.30. The summed E-state index contributed by atoms with van der Waals surface area (Å²) in [5, 5.41) is 27.4. The topological polar surface area (TPSA) is 87.0 Å². The molecule has 2 atom stereocenters. The summed E-state index contributed by atoms with van der Waals surface area (Å²) >= 11 is 0. The number of aliphatic hydroxyl groups is 2. The average molecular weight is 262 g/mol. The van der Waals surface area contributed by atoms with Crippen LogP contribution in [0.1, 0.15) is 18.1 Å². The number of hydrogen-bond donors (Lipinski definition) is 3. The van der Waals surface area contributed by atoms with E-state index in [1.54, 1.807) is 0 Å². The summed E-state index contributed by atoms with van der Waals surface area (Å²) in [4.78, 5) is 10.4. The molecule has 0 heterocycles. The summed E-state index contributed by atoms with van der Waals surface area (Å²) in [6.07, 6.45) is -4.00. The van der Waals surface area contributed by atoms with Crippen LogP contribution >= 0.6 is 0 Å². The Hall–Kier alpha value is -1.73. The van der Waals surface area contributed by atoms with Gasteiger partial charge in [-0.2, -0.15) is 4.39 Å². The molecule has 1 aromatic carbocycles. The number of methoxy groups -OCH3 is 1. The lowest BCUT2D eigenvalue weighted by molar-refractivity contribution is -0.141. The first-order chi connectivity index (χ1) is 8.36. The SMILES string of the molecule is COc1cc(C(O)C(O)CC(=O)O)cc(F)c1F. The fraction of sp³-hybridized carbons (Fsp3) is 0.364. The molecule has 0 aromatic heterocycles. The van der Waals surface area contributed by atoms with Crippen molar-refractivity contribution in [1.82, 2.24) is 0 Å². The number of carbonyl (C=O) groups is 1. The minimum absolute atomic E-state index is 0.167. The summed E-state index contributed by atoms with van der Waals surface area (Å²) in [6, 6.07) is 1.67. The van der Waals surface area contributed by atoms with E-state index in [2.05, 4.69) is 4.74 Å². The van der Waals surface area contributed by atoms with Gasteiger partial charge in [-0.25, -0.2) is 4.39 Å². The minimum Gasteiger partial charge on any atom is -0.494 e. The van der Waals surface area contributed by atoms with Gasteiger partial charge in [0.25, 0.3) is 0 Å². The first kappa shape index (κ1) is 14.3. The van der Waals surface area contributed by atoms with E-state index in [1.165, 1.54) is 0 Å². The zero-order chi connectivity index (χ0) is 13.9. The number of carboxylic acid groups (broad SMARTS) is 1. The summed E-state index contributed by atoms with van der Waals surface area (Å²) in [5.41, 5.74) is -0.167. The van der Waals surface area contributed by atoms with Gasteiger partial charge in [0.2, 0.25) is 5.82 Å².